The van der Waals surface area contributed by atoms with E-state index in [0.717, 1.165) is 11.1 Å². The van der Waals surface area contributed by atoms with Crippen LogP contribution in [0.5, 0.6) is 0 Å². The Morgan fingerprint density at radius 1 is 0.630 bits per heavy atom. The maximum Gasteiger partial charge on any atom is 0.233 e. The molecule has 6 nitrogen and oxygen atoms in total. The average Bonchev–Trinajstić information content (AvgIpc) is 2.72. The van der Waals surface area contributed by atoms with Gasteiger partial charge in [-0.15, -0.1) is 0 Å². The van der Waals surface area contributed by atoms with Crippen LogP contribution in [0.25, 0.3) is 0 Å². The highest BCUT2D eigenvalue weighted by atomic mass is 16.2. The van der Waals surface area contributed by atoms with Crippen LogP contribution in [-0.4, -0.2) is 38.0 Å². The van der Waals surface area contributed by atoms with Crippen LogP contribution in [0.2, 0.25) is 0 Å². The Bertz CT molecular complexity index is 673. The molecule has 4 N–H and O–H groups in total. The van der Waals surface area contributed by atoms with E-state index in [9.17, 15) is 9.59 Å². The van der Waals surface area contributed by atoms with Crippen LogP contribution in [0.1, 0.15) is 29.6 Å². The molecule has 1 fully saturated rings. The van der Waals surface area contributed by atoms with E-state index in [1.807, 2.05) is 60.7 Å². The molecule has 1 unspecified atom stereocenters. The van der Waals surface area contributed by atoms with Crippen molar-refractivity contribution in [2.75, 3.05) is 26.2 Å². The van der Waals surface area contributed by atoms with Crippen molar-refractivity contribution < 1.29 is 9.59 Å². The summed E-state index contributed by atoms with van der Waals surface area (Å²) >= 11 is 0. The van der Waals surface area contributed by atoms with E-state index in [-0.39, 0.29) is 37.0 Å². The Balaban J connectivity index is 1.92. The molecule has 2 aromatic carbocycles. The summed E-state index contributed by atoms with van der Waals surface area (Å²) in [5.41, 5.74) is 2.11. The third-order valence-corrected chi connectivity index (χ3v) is 4.61. The number of hydrogen-bond donors (Lipinski definition) is 4. The molecule has 2 amide bonds. The van der Waals surface area contributed by atoms with E-state index in [1.165, 1.54) is 0 Å². The standard InChI is InChI=1S/C21H26N4O2/c26-18-14-24-20(16-8-3-1-4-9-16)21(17-10-5-2-6-11-17)25-15-19(27)23-13-7-12-22-18/h1-6,8-11,20-21,24-25H,7,12-15H2,(H,22,26)(H,23,27)/t20-,21?/m0/s1. The van der Waals surface area contributed by atoms with E-state index in [4.69, 9.17) is 0 Å². The molecule has 27 heavy (non-hydrogen) atoms. The van der Waals surface area contributed by atoms with Gasteiger partial charge >= 0.3 is 0 Å². The normalized spacial score (nSPS) is 22.5. The molecule has 0 aliphatic carbocycles. The van der Waals surface area contributed by atoms with Gasteiger partial charge in [0.25, 0.3) is 0 Å². The van der Waals surface area contributed by atoms with Crippen molar-refractivity contribution in [2.24, 2.45) is 0 Å². The minimum atomic E-state index is -0.159. The van der Waals surface area contributed by atoms with E-state index in [1.54, 1.807) is 0 Å². The second-order valence-electron chi connectivity index (χ2n) is 6.59. The summed E-state index contributed by atoms with van der Waals surface area (Å²) in [6.45, 7) is 1.52. The van der Waals surface area contributed by atoms with Crippen molar-refractivity contribution in [3.05, 3.63) is 71.8 Å². The van der Waals surface area contributed by atoms with E-state index in [0.29, 0.717) is 19.5 Å². The van der Waals surface area contributed by atoms with Gasteiger partial charge in [-0.25, -0.2) is 0 Å². The summed E-state index contributed by atoms with van der Waals surface area (Å²) < 4.78 is 0. The molecule has 0 bridgehead atoms. The smallest absolute Gasteiger partial charge is 0.233 e. The first-order chi connectivity index (χ1) is 13.2. The Hall–Kier alpha value is -2.70. The highest BCUT2D eigenvalue weighted by Gasteiger charge is 2.25. The SMILES string of the molecule is O=C1CNC(c2ccccc2)[C@H](c2ccccc2)NCC(=O)NCCCN1. The topological polar surface area (TPSA) is 82.3 Å². The zero-order chi connectivity index (χ0) is 18.9. The van der Waals surface area contributed by atoms with Gasteiger partial charge in [-0.05, 0) is 17.5 Å². The number of hydrogen-bond acceptors (Lipinski definition) is 4. The number of carbonyl (C=O) groups excluding carboxylic acids is 2. The van der Waals surface area contributed by atoms with Crippen molar-refractivity contribution in [1.29, 1.82) is 0 Å². The number of rotatable bonds is 2. The first-order valence-electron chi connectivity index (χ1n) is 9.34. The fourth-order valence-corrected chi connectivity index (χ4v) is 3.25. The van der Waals surface area contributed by atoms with Crippen molar-refractivity contribution >= 4 is 11.8 Å². The molecule has 0 saturated carbocycles. The van der Waals surface area contributed by atoms with Gasteiger partial charge in [-0.3, -0.25) is 20.2 Å². The molecular weight excluding hydrogens is 340 g/mol. The molecule has 142 valence electrons. The summed E-state index contributed by atoms with van der Waals surface area (Å²) in [6, 6.07) is 19.7. The molecule has 3 rings (SSSR count). The average molecular weight is 366 g/mol. The van der Waals surface area contributed by atoms with Crippen molar-refractivity contribution in [1.82, 2.24) is 21.3 Å². The molecule has 1 aliphatic rings. The molecule has 2 atom stereocenters. The molecule has 0 spiro atoms. The van der Waals surface area contributed by atoms with Crippen molar-refractivity contribution in [2.45, 2.75) is 18.5 Å². The van der Waals surface area contributed by atoms with Crippen LogP contribution in [0, 0.1) is 0 Å². The lowest BCUT2D eigenvalue weighted by atomic mass is 9.93. The predicted molar refractivity (Wildman–Crippen MR) is 105 cm³/mol. The predicted octanol–water partition coefficient (Wildman–Crippen LogP) is 1.28. The minimum Gasteiger partial charge on any atom is -0.355 e. The molecule has 1 heterocycles. The number of amides is 2. The van der Waals surface area contributed by atoms with Gasteiger partial charge in [0.15, 0.2) is 0 Å². The van der Waals surface area contributed by atoms with E-state index < -0.39 is 0 Å². The van der Waals surface area contributed by atoms with Crippen LogP contribution in [0.15, 0.2) is 60.7 Å². The molecule has 0 radical (unpaired) electrons. The summed E-state index contributed by atoms with van der Waals surface area (Å²) in [5.74, 6) is -0.0957. The number of carbonyl (C=O) groups is 2. The van der Waals surface area contributed by atoms with Gasteiger partial charge in [-0.2, -0.15) is 0 Å². The lowest BCUT2D eigenvalue weighted by Gasteiger charge is -2.30. The van der Waals surface area contributed by atoms with Gasteiger partial charge < -0.3 is 10.6 Å². The maximum atomic E-state index is 12.2. The monoisotopic (exact) mass is 366 g/mol. The number of nitrogens with one attached hydrogen (secondary N) is 4. The highest BCUT2D eigenvalue weighted by molar-refractivity contribution is 5.78. The Morgan fingerprint density at radius 2 is 1.04 bits per heavy atom. The van der Waals surface area contributed by atoms with Crippen LogP contribution in [0.4, 0.5) is 0 Å². The minimum absolute atomic E-state index is 0.0479. The van der Waals surface area contributed by atoms with Gasteiger partial charge in [0.05, 0.1) is 25.2 Å². The summed E-state index contributed by atoms with van der Waals surface area (Å²) in [6.07, 6.45) is 0.710. The zero-order valence-corrected chi connectivity index (χ0v) is 15.3. The Kier molecular flexibility index (Phi) is 6.96. The van der Waals surface area contributed by atoms with Crippen molar-refractivity contribution in [3.8, 4) is 0 Å². The van der Waals surface area contributed by atoms with Crippen LogP contribution in [0.3, 0.4) is 0 Å². The lowest BCUT2D eigenvalue weighted by molar-refractivity contribution is -0.121. The third-order valence-electron chi connectivity index (χ3n) is 4.61. The first kappa shape index (κ1) is 19.1. The van der Waals surface area contributed by atoms with Crippen LogP contribution >= 0.6 is 0 Å². The van der Waals surface area contributed by atoms with E-state index in [2.05, 4.69) is 21.3 Å². The van der Waals surface area contributed by atoms with Crippen molar-refractivity contribution in [3.63, 3.8) is 0 Å². The van der Waals surface area contributed by atoms with Gasteiger partial charge in [0, 0.05) is 13.1 Å². The van der Waals surface area contributed by atoms with Crippen LogP contribution < -0.4 is 21.3 Å². The Morgan fingerprint density at radius 3 is 1.44 bits per heavy atom. The molecule has 6 heteroatoms. The summed E-state index contributed by atoms with van der Waals surface area (Å²) in [7, 11) is 0. The second-order valence-corrected chi connectivity index (χ2v) is 6.59. The highest BCUT2D eigenvalue weighted by Crippen LogP contribution is 2.28. The number of benzene rings is 2. The first-order valence-corrected chi connectivity index (χ1v) is 9.34. The fourth-order valence-electron chi connectivity index (χ4n) is 3.25. The summed E-state index contributed by atoms with van der Waals surface area (Å²) in [5, 5.41) is 12.5. The van der Waals surface area contributed by atoms with Crippen LogP contribution in [-0.2, 0) is 9.59 Å². The van der Waals surface area contributed by atoms with E-state index >= 15 is 0 Å². The molecular formula is C21H26N4O2. The second kappa shape index (κ2) is 9.85. The van der Waals surface area contributed by atoms with Gasteiger partial charge in [-0.1, -0.05) is 60.7 Å². The molecule has 0 aromatic heterocycles. The molecule has 1 saturated heterocycles. The zero-order valence-electron chi connectivity index (χ0n) is 15.3. The molecule has 1 aliphatic heterocycles. The maximum absolute atomic E-state index is 12.2. The third kappa shape index (κ3) is 5.64. The Labute approximate surface area is 159 Å². The largest absolute Gasteiger partial charge is 0.355 e. The quantitative estimate of drug-likeness (QED) is 0.645. The molecule has 2 aromatic rings. The van der Waals surface area contributed by atoms with Gasteiger partial charge in [0.2, 0.25) is 11.8 Å². The fraction of sp³-hybridized carbons (Fsp3) is 0.333. The van der Waals surface area contributed by atoms with Gasteiger partial charge in [0.1, 0.15) is 0 Å². The lowest BCUT2D eigenvalue weighted by Crippen LogP contribution is -2.42. The summed E-state index contributed by atoms with van der Waals surface area (Å²) in [4.78, 5) is 24.4.